The number of nitrogens with zero attached hydrogens (tertiary/aromatic N) is 1. The van der Waals surface area contributed by atoms with Crippen LogP contribution in [-0.4, -0.2) is 12.1 Å². The summed E-state index contributed by atoms with van der Waals surface area (Å²) in [5.41, 5.74) is 8.48. The zero-order chi connectivity index (χ0) is 13.1. The highest BCUT2D eigenvalue weighted by Crippen LogP contribution is 2.28. The number of nitrogens with two attached hydrogens (primary N) is 1. The fourth-order valence-electron chi connectivity index (χ4n) is 1.79. The highest BCUT2D eigenvalue weighted by Gasteiger charge is 2.15. The molecule has 94 valence electrons. The van der Waals surface area contributed by atoms with Crippen LogP contribution in [0.5, 0.6) is 5.75 Å². The van der Waals surface area contributed by atoms with E-state index in [1.165, 1.54) is 19.2 Å². The summed E-state index contributed by atoms with van der Waals surface area (Å²) in [6.07, 6.45) is 1.70. The number of rotatable bonds is 3. The van der Waals surface area contributed by atoms with E-state index in [-0.39, 0.29) is 5.82 Å². The van der Waals surface area contributed by atoms with Crippen LogP contribution in [0.1, 0.15) is 22.9 Å². The van der Waals surface area contributed by atoms with E-state index in [0.29, 0.717) is 11.3 Å². The number of methoxy groups -OCH3 is 1. The molecular formula is C14H15FN2O. The van der Waals surface area contributed by atoms with Crippen LogP contribution < -0.4 is 10.5 Å². The predicted octanol–water partition coefficient (Wildman–Crippen LogP) is 2.59. The molecule has 1 atom stereocenters. The molecule has 2 rings (SSSR count). The van der Waals surface area contributed by atoms with Gasteiger partial charge in [-0.3, -0.25) is 4.98 Å². The van der Waals surface area contributed by atoms with Crippen LogP contribution >= 0.6 is 0 Å². The Morgan fingerprint density at radius 1 is 1.28 bits per heavy atom. The summed E-state index contributed by atoms with van der Waals surface area (Å²) < 4.78 is 18.5. The molecule has 0 fully saturated rings. The minimum atomic E-state index is -0.455. The Bertz CT molecular complexity index is 540. The van der Waals surface area contributed by atoms with Crippen LogP contribution in [0.2, 0.25) is 0 Å². The molecule has 1 aromatic heterocycles. The van der Waals surface area contributed by atoms with Gasteiger partial charge in [0.25, 0.3) is 0 Å². The van der Waals surface area contributed by atoms with Gasteiger partial charge >= 0.3 is 0 Å². The lowest BCUT2D eigenvalue weighted by Gasteiger charge is -2.16. The molecule has 1 heterocycles. The summed E-state index contributed by atoms with van der Waals surface area (Å²) >= 11 is 0. The quantitative estimate of drug-likeness (QED) is 0.905. The van der Waals surface area contributed by atoms with Crippen molar-refractivity contribution in [3.8, 4) is 5.75 Å². The summed E-state index contributed by atoms with van der Waals surface area (Å²) in [4.78, 5) is 4.19. The molecule has 0 aliphatic rings. The van der Waals surface area contributed by atoms with Gasteiger partial charge in [-0.15, -0.1) is 0 Å². The molecule has 0 aliphatic heterocycles. The summed E-state index contributed by atoms with van der Waals surface area (Å²) in [6.45, 7) is 1.90. The Morgan fingerprint density at radius 2 is 2.06 bits per heavy atom. The molecule has 0 saturated heterocycles. The van der Waals surface area contributed by atoms with E-state index < -0.39 is 6.04 Å². The lowest BCUT2D eigenvalue weighted by atomic mass is 10.00. The van der Waals surface area contributed by atoms with Gasteiger partial charge in [0.15, 0.2) is 0 Å². The van der Waals surface area contributed by atoms with Crippen molar-refractivity contribution in [2.24, 2.45) is 5.73 Å². The average molecular weight is 246 g/mol. The number of halogens is 1. The van der Waals surface area contributed by atoms with E-state index in [0.717, 1.165) is 11.3 Å². The monoisotopic (exact) mass is 246 g/mol. The smallest absolute Gasteiger partial charge is 0.124 e. The Balaban J connectivity index is 2.41. The van der Waals surface area contributed by atoms with Crippen molar-refractivity contribution < 1.29 is 9.13 Å². The normalized spacial score (nSPS) is 12.2. The zero-order valence-corrected chi connectivity index (χ0v) is 10.4. The number of ether oxygens (including phenoxy) is 1. The summed E-state index contributed by atoms with van der Waals surface area (Å²) in [5, 5.41) is 0. The highest BCUT2D eigenvalue weighted by molar-refractivity contribution is 5.41. The minimum Gasteiger partial charge on any atom is -0.496 e. The predicted molar refractivity (Wildman–Crippen MR) is 68.0 cm³/mol. The maximum atomic E-state index is 13.3. The van der Waals surface area contributed by atoms with E-state index in [2.05, 4.69) is 4.98 Å². The largest absolute Gasteiger partial charge is 0.496 e. The molecule has 3 nitrogen and oxygen atoms in total. The molecule has 0 amide bonds. The fourth-order valence-corrected chi connectivity index (χ4v) is 1.79. The maximum Gasteiger partial charge on any atom is 0.124 e. The number of aryl methyl sites for hydroxylation is 1. The molecule has 0 radical (unpaired) electrons. The molecule has 1 unspecified atom stereocenters. The van der Waals surface area contributed by atoms with Crippen molar-refractivity contribution in [2.45, 2.75) is 13.0 Å². The molecule has 1 aromatic carbocycles. The van der Waals surface area contributed by atoms with Crippen molar-refractivity contribution >= 4 is 0 Å². The second-order valence-electron chi connectivity index (χ2n) is 4.10. The number of benzene rings is 1. The van der Waals surface area contributed by atoms with Crippen LogP contribution in [0.15, 0.2) is 36.5 Å². The second-order valence-corrected chi connectivity index (χ2v) is 4.10. The third-order valence-electron chi connectivity index (χ3n) is 2.82. The van der Waals surface area contributed by atoms with Crippen LogP contribution in [0.3, 0.4) is 0 Å². The summed E-state index contributed by atoms with van der Waals surface area (Å²) in [7, 11) is 1.54. The van der Waals surface area contributed by atoms with E-state index in [1.807, 2.05) is 19.1 Å². The topological polar surface area (TPSA) is 48.1 Å². The molecule has 2 aromatic rings. The van der Waals surface area contributed by atoms with Crippen LogP contribution in [0.25, 0.3) is 0 Å². The first-order valence-corrected chi connectivity index (χ1v) is 5.63. The number of pyridine rings is 1. The van der Waals surface area contributed by atoms with Crippen molar-refractivity contribution in [3.05, 3.63) is 59.2 Å². The molecule has 2 N–H and O–H groups in total. The third-order valence-corrected chi connectivity index (χ3v) is 2.82. The van der Waals surface area contributed by atoms with Gasteiger partial charge in [0.2, 0.25) is 0 Å². The molecule has 0 spiro atoms. The van der Waals surface area contributed by atoms with E-state index in [4.69, 9.17) is 10.5 Å². The number of hydrogen-bond donors (Lipinski definition) is 1. The Hall–Kier alpha value is -1.94. The number of aromatic nitrogens is 1. The Kier molecular flexibility index (Phi) is 3.58. The van der Waals surface area contributed by atoms with Crippen LogP contribution in [-0.2, 0) is 0 Å². The van der Waals surface area contributed by atoms with Gasteiger partial charge in [-0.05, 0) is 36.8 Å². The van der Waals surface area contributed by atoms with Crippen LogP contribution in [0.4, 0.5) is 4.39 Å². The summed E-state index contributed by atoms with van der Waals surface area (Å²) in [5.74, 6) is 0.241. The van der Waals surface area contributed by atoms with Gasteiger partial charge in [-0.1, -0.05) is 6.07 Å². The first kappa shape index (κ1) is 12.5. The third kappa shape index (κ3) is 2.49. The average Bonchev–Trinajstić information content (AvgIpc) is 2.39. The van der Waals surface area contributed by atoms with Crippen molar-refractivity contribution in [2.75, 3.05) is 7.11 Å². The first-order valence-electron chi connectivity index (χ1n) is 5.63. The standard InChI is InChI=1S/C14H15FN2O/c1-9-3-4-10(8-17-9)14(16)12-7-11(15)5-6-13(12)18-2/h3-8,14H,16H2,1-2H3. The van der Waals surface area contributed by atoms with Gasteiger partial charge in [-0.2, -0.15) is 0 Å². The van der Waals surface area contributed by atoms with Gasteiger partial charge in [0.05, 0.1) is 13.2 Å². The number of hydrogen-bond acceptors (Lipinski definition) is 3. The lowest BCUT2D eigenvalue weighted by Crippen LogP contribution is -2.13. The molecule has 4 heteroatoms. The first-order chi connectivity index (χ1) is 8.61. The van der Waals surface area contributed by atoms with Gasteiger partial charge in [0, 0.05) is 17.5 Å². The van der Waals surface area contributed by atoms with Crippen molar-refractivity contribution in [3.63, 3.8) is 0 Å². The lowest BCUT2D eigenvalue weighted by molar-refractivity contribution is 0.406. The molecule has 0 bridgehead atoms. The van der Waals surface area contributed by atoms with E-state index in [1.54, 1.807) is 12.3 Å². The maximum absolute atomic E-state index is 13.3. The van der Waals surface area contributed by atoms with Crippen molar-refractivity contribution in [1.29, 1.82) is 0 Å². The molecule has 0 aliphatic carbocycles. The molecule has 0 saturated carbocycles. The SMILES string of the molecule is COc1ccc(F)cc1C(N)c1ccc(C)nc1. The van der Waals surface area contributed by atoms with E-state index in [9.17, 15) is 4.39 Å². The fraction of sp³-hybridized carbons (Fsp3) is 0.214. The highest BCUT2D eigenvalue weighted by atomic mass is 19.1. The summed E-state index contributed by atoms with van der Waals surface area (Å²) in [6, 6.07) is 7.62. The molecular weight excluding hydrogens is 231 g/mol. The molecule has 18 heavy (non-hydrogen) atoms. The van der Waals surface area contributed by atoms with E-state index >= 15 is 0 Å². The second kappa shape index (κ2) is 5.14. The zero-order valence-electron chi connectivity index (χ0n) is 10.4. The van der Waals surface area contributed by atoms with Gasteiger partial charge in [-0.25, -0.2) is 4.39 Å². The minimum absolute atomic E-state index is 0.332. The van der Waals surface area contributed by atoms with Crippen molar-refractivity contribution in [1.82, 2.24) is 4.98 Å². The Labute approximate surface area is 105 Å². The Morgan fingerprint density at radius 3 is 2.67 bits per heavy atom. The van der Waals surface area contributed by atoms with Gasteiger partial charge in [0.1, 0.15) is 11.6 Å². The van der Waals surface area contributed by atoms with Gasteiger partial charge < -0.3 is 10.5 Å². The van der Waals surface area contributed by atoms with Crippen LogP contribution in [0, 0.1) is 12.7 Å².